The van der Waals surface area contributed by atoms with Crippen molar-refractivity contribution in [2.24, 2.45) is 0 Å². The molecular weight excluding hydrogens is 1240 g/mol. The third-order valence-electron chi connectivity index (χ3n) is 14.1. The fraction of sp³-hybridized carbons (Fsp3) is 0.257. The van der Waals surface area contributed by atoms with E-state index in [9.17, 15) is 47.5 Å². The predicted octanol–water partition coefficient (Wildman–Crippen LogP) is 13.1. The van der Waals surface area contributed by atoms with Gasteiger partial charge in [0.05, 0.1) is 85.5 Å². The number of nitrogens with one attached hydrogen (secondary N) is 5. The number of nitrogen functional groups attached to an aromatic ring is 1. The van der Waals surface area contributed by atoms with Gasteiger partial charge in [-0.05, 0) is 167 Å². The Morgan fingerprint density at radius 2 is 0.906 bits per heavy atom. The van der Waals surface area contributed by atoms with Crippen LogP contribution in [0.5, 0.6) is 0 Å². The van der Waals surface area contributed by atoms with E-state index in [1.165, 1.54) is 61.1 Å². The Kier molecular flexibility index (Phi) is 22.2. The van der Waals surface area contributed by atoms with Crippen molar-refractivity contribution >= 4 is 74.3 Å². The number of rotatable bonds is 15. The van der Waals surface area contributed by atoms with Crippen molar-refractivity contribution in [3.8, 4) is 39.8 Å². The highest BCUT2D eigenvalue weighted by Gasteiger charge is 2.31. The molecule has 26 heteroatoms. The number of hydrogen-bond donors (Lipinski definition) is 7. The number of anilines is 2. The van der Waals surface area contributed by atoms with Gasteiger partial charge in [-0.25, -0.2) is 52.5 Å². The van der Waals surface area contributed by atoms with E-state index in [2.05, 4.69) is 61.5 Å². The topological polar surface area (TPSA) is 337 Å². The molecule has 3 atom stereocenters. The largest absolute Gasteiger partial charge is 0.478 e. The van der Waals surface area contributed by atoms with Gasteiger partial charge >= 0.3 is 18.2 Å². The summed E-state index contributed by atoms with van der Waals surface area (Å²) in [6.07, 6.45) is 4.70. The average molecular weight is 1310 g/mol. The standard InChI is InChI=1S/C24H21FN8O.C24H27FN4O3.C22H22FN3O4/c1-3-28-24(34)19-15-10-14(25)7-8-17(15)33-21(20(19)18-6-4-5-9-29-18)13(2)32-23-16(11-26)22(27)30-12-31-23;1-6-26-22(30)19-16-13-15(25)10-11-17(16)29-21(20(19)18-9-7-8-12-27-18)14(2)28-23(31)32-24(3,4)5;1-12(25-21(29)30-22(2,3)4)19-18(16-7-5-6-10-24-16)17(20(27)28)14-11-13(23)8-9-15(14)26-19/h4-10,12-13H,3H2,1-2H3,(H,28,34)(H3,27,30,31,32);7-14H,6H2,1-5H3,(H,26,30)(H,28,31);5-12H,1-4H3,(H,25,29)(H,27,28)/t13-;14-;12-/m000/s1. The number of aromatic nitrogens is 8. The Morgan fingerprint density at radius 1 is 0.542 bits per heavy atom. The van der Waals surface area contributed by atoms with Gasteiger partial charge in [0.2, 0.25) is 0 Å². The van der Waals surface area contributed by atoms with Gasteiger partial charge in [0.1, 0.15) is 58.2 Å². The molecule has 0 aliphatic heterocycles. The monoisotopic (exact) mass is 1310 g/mol. The predicted molar refractivity (Wildman–Crippen MR) is 357 cm³/mol. The molecule has 10 aromatic rings. The molecule has 7 heterocycles. The molecule has 0 bridgehead atoms. The van der Waals surface area contributed by atoms with Crippen molar-refractivity contribution in [1.82, 2.24) is 61.1 Å². The Hall–Kier alpha value is -11.8. The first-order valence-corrected chi connectivity index (χ1v) is 30.3. The molecule has 0 saturated carbocycles. The summed E-state index contributed by atoms with van der Waals surface area (Å²) in [5, 5.41) is 34.6. The van der Waals surface area contributed by atoms with Gasteiger partial charge in [-0.3, -0.25) is 24.5 Å². The highest BCUT2D eigenvalue weighted by atomic mass is 19.1. The number of amides is 4. The zero-order valence-corrected chi connectivity index (χ0v) is 54.4. The second kappa shape index (κ2) is 30.3. The Labute approximate surface area is 550 Å². The summed E-state index contributed by atoms with van der Waals surface area (Å²) in [6, 6.07) is 27.7. The molecule has 4 amide bonds. The van der Waals surface area contributed by atoms with Crippen molar-refractivity contribution in [3.05, 3.63) is 191 Å². The molecule has 0 aliphatic carbocycles. The van der Waals surface area contributed by atoms with Crippen LogP contribution in [0.15, 0.2) is 134 Å². The number of fused-ring (bicyclic) bond motifs is 3. The summed E-state index contributed by atoms with van der Waals surface area (Å²) in [4.78, 5) is 98.4. The number of nitrogens with zero attached hydrogens (tertiary/aromatic N) is 9. The molecule has 3 aromatic carbocycles. The third-order valence-corrected chi connectivity index (χ3v) is 14.1. The van der Waals surface area contributed by atoms with Crippen molar-refractivity contribution in [1.29, 1.82) is 5.26 Å². The van der Waals surface area contributed by atoms with Crippen LogP contribution >= 0.6 is 0 Å². The fourth-order valence-electron chi connectivity index (χ4n) is 10.2. The number of alkyl carbamates (subject to hydrolysis) is 2. The van der Waals surface area contributed by atoms with Crippen molar-refractivity contribution in [3.63, 3.8) is 0 Å². The van der Waals surface area contributed by atoms with Crippen LogP contribution in [0.3, 0.4) is 0 Å². The minimum Gasteiger partial charge on any atom is -0.478 e. The number of pyridine rings is 6. The van der Waals surface area contributed by atoms with E-state index in [0.717, 1.165) is 6.07 Å². The molecule has 10 rings (SSSR count). The van der Waals surface area contributed by atoms with E-state index in [1.54, 1.807) is 136 Å². The van der Waals surface area contributed by atoms with Crippen LogP contribution in [-0.4, -0.2) is 99.2 Å². The number of hydrogen-bond acceptors (Lipinski definition) is 18. The van der Waals surface area contributed by atoms with E-state index < -0.39 is 64.9 Å². The minimum atomic E-state index is -1.25. The molecule has 0 spiro atoms. The Morgan fingerprint density at radius 3 is 1.24 bits per heavy atom. The third kappa shape index (κ3) is 16.9. The normalized spacial score (nSPS) is 12.1. The molecule has 494 valence electrons. The molecule has 7 aromatic heterocycles. The van der Waals surface area contributed by atoms with Gasteiger partial charge in [0, 0.05) is 64.5 Å². The number of aromatic carboxylic acids is 1. The number of nitriles is 1. The van der Waals surface area contributed by atoms with Gasteiger partial charge in [-0.1, -0.05) is 18.2 Å². The molecule has 0 fully saturated rings. The van der Waals surface area contributed by atoms with Crippen molar-refractivity contribution in [2.75, 3.05) is 24.1 Å². The molecule has 0 aliphatic rings. The maximum Gasteiger partial charge on any atom is 0.408 e. The smallest absolute Gasteiger partial charge is 0.408 e. The van der Waals surface area contributed by atoms with Crippen LogP contribution in [0.4, 0.5) is 34.4 Å². The van der Waals surface area contributed by atoms with Crippen LogP contribution in [0.25, 0.3) is 66.5 Å². The second-order valence-electron chi connectivity index (χ2n) is 23.6. The van der Waals surface area contributed by atoms with E-state index in [-0.39, 0.29) is 62.3 Å². The molecule has 23 nitrogen and oxygen atoms in total. The summed E-state index contributed by atoms with van der Waals surface area (Å²) in [5.41, 5.74) is 9.70. The Balaban J connectivity index is 0.000000185. The number of halogens is 3. The molecule has 96 heavy (non-hydrogen) atoms. The van der Waals surface area contributed by atoms with Crippen LogP contribution in [0, 0.1) is 28.8 Å². The zero-order valence-electron chi connectivity index (χ0n) is 54.4. The number of carbonyl (C=O) groups excluding carboxylic acids is 4. The lowest BCUT2D eigenvalue weighted by molar-refractivity contribution is 0.0495. The summed E-state index contributed by atoms with van der Waals surface area (Å²) >= 11 is 0. The van der Waals surface area contributed by atoms with Crippen molar-refractivity contribution < 1.29 is 51.7 Å². The molecule has 8 N–H and O–H groups in total. The number of carboxylic acids is 1. The van der Waals surface area contributed by atoms with Gasteiger partial charge in [-0.15, -0.1) is 0 Å². The maximum atomic E-state index is 14.2. The highest BCUT2D eigenvalue weighted by Crippen LogP contribution is 2.39. The van der Waals surface area contributed by atoms with E-state index in [1.807, 2.05) is 13.0 Å². The van der Waals surface area contributed by atoms with Gasteiger partial charge < -0.3 is 46.9 Å². The molecular formula is C70H70F3N15O8. The molecule has 0 radical (unpaired) electrons. The number of carbonyl (C=O) groups is 5. The minimum absolute atomic E-state index is 0.0436. The van der Waals surface area contributed by atoms with E-state index in [4.69, 9.17) is 20.2 Å². The highest BCUT2D eigenvalue weighted by molar-refractivity contribution is 6.13. The first kappa shape index (κ1) is 70.1. The lowest BCUT2D eigenvalue weighted by atomic mass is 9.94. The maximum absolute atomic E-state index is 14.2. The zero-order chi connectivity index (χ0) is 69.8. The Bertz CT molecular complexity index is 4590. The van der Waals surface area contributed by atoms with E-state index in [0.29, 0.717) is 80.0 Å². The van der Waals surface area contributed by atoms with Gasteiger partial charge in [0.15, 0.2) is 0 Å². The summed E-state index contributed by atoms with van der Waals surface area (Å²) in [7, 11) is 0. The average Bonchev–Trinajstić information content (AvgIpc) is 0.770. The number of ether oxygens (including phenoxy) is 2. The lowest BCUT2D eigenvalue weighted by Gasteiger charge is -2.24. The van der Waals surface area contributed by atoms with E-state index >= 15 is 0 Å². The van der Waals surface area contributed by atoms with Gasteiger partial charge in [0.25, 0.3) is 11.8 Å². The number of carboxylic acid groups (broad SMARTS) is 1. The van der Waals surface area contributed by atoms with Crippen LogP contribution < -0.4 is 32.3 Å². The van der Waals surface area contributed by atoms with Crippen LogP contribution in [0.2, 0.25) is 0 Å². The SMILES string of the molecule is CCNC(=O)c1c(-c2ccccn2)c([C@H](C)NC(=O)OC(C)(C)C)nc2ccc(F)cc12.CCNC(=O)c1c(-c2ccccn2)c([C@H](C)Nc2ncnc(N)c2C#N)nc2ccc(F)cc12.C[C@H](NC(=O)OC(C)(C)C)c1nc2ccc(F)cc2c(C(=O)O)c1-c1ccccn1. The molecule has 0 unspecified atom stereocenters. The van der Waals surface area contributed by atoms with Crippen molar-refractivity contribution in [2.45, 2.75) is 105 Å². The fourth-order valence-corrected chi connectivity index (χ4v) is 10.2. The second-order valence-corrected chi connectivity index (χ2v) is 23.6. The molecule has 0 saturated heterocycles. The summed E-state index contributed by atoms with van der Waals surface area (Å²) in [5.74, 6) is -3.27. The number of benzene rings is 3. The summed E-state index contributed by atoms with van der Waals surface area (Å²) in [6.45, 7) is 20.1. The first-order valence-electron chi connectivity index (χ1n) is 30.3. The summed E-state index contributed by atoms with van der Waals surface area (Å²) < 4.78 is 52.9. The van der Waals surface area contributed by atoms with Crippen LogP contribution in [-0.2, 0) is 9.47 Å². The lowest BCUT2D eigenvalue weighted by Crippen LogP contribution is -2.35. The van der Waals surface area contributed by atoms with Gasteiger partial charge in [-0.2, -0.15) is 5.26 Å². The number of nitrogens with two attached hydrogens (primary N) is 1. The quantitative estimate of drug-likeness (QED) is 0.0501. The van der Waals surface area contributed by atoms with Crippen LogP contribution in [0.1, 0.15) is 148 Å². The first-order chi connectivity index (χ1) is 45.6.